The van der Waals surface area contributed by atoms with Crippen molar-refractivity contribution in [3.05, 3.63) is 24.3 Å². The van der Waals surface area contributed by atoms with Gasteiger partial charge in [0.25, 0.3) is 5.91 Å². The Morgan fingerprint density at radius 2 is 2.06 bits per heavy atom. The van der Waals surface area contributed by atoms with Crippen LogP contribution in [0.5, 0.6) is 5.75 Å². The van der Waals surface area contributed by atoms with E-state index < -0.39 is 10.0 Å². The van der Waals surface area contributed by atoms with E-state index in [9.17, 15) is 13.2 Å². The first-order valence-corrected chi connectivity index (χ1v) is 6.07. The maximum absolute atomic E-state index is 11.2. The van der Waals surface area contributed by atoms with Crippen LogP contribution in [0.4, 0.5) is 0 Å². The van der Waals surface area contributed by atoms with Crippen molar-refractivity contribution in [1.29, 1.82) is 0 Å². The SMILES string of the molecule is CCC(=O)NOc1ccccc1S(N)(=O)=O. The monoisotopic (exact) mass is 244 g/mol. The Bertz CT molecular complexity index is 484. The Kier molecular flexibility index (Phi) is 3.86. The zero-order valence-electron chi connectivity index (χ0n) is 8.64. The van der Waals surface area contributed by atoms with Gasteiger partial charge in [0, 0.05) is 6.42 Å². The minimum atomic E-state index is -3.86. The molecule has 0 aromatic heterocycles. The molecule has 0 fully saturated rings. The van der Waals surface area contributed by atoms with Crippen LogP contribution in [0, 0.1) is 0 Å². The molecule has 88 valence electrons. The number of hydrogen-bond acceptors (Lipinski definition) is 4. The lowest BCUT2D eigenvalue weighted by atomic mass is 10.3. The molecule has 0 bridgehead atoms. The quantitative estimate of drug-likeness (QED) is 0.737. The van der Waals surface area contributed by atoms with E-state index in [2.05, 4.69) is 5.48 Å². The van der Waals surface area contributed by atoms with E-state index in [0.717, 1.165) is 0 Å². The highest BCUT2D eigenvalue weighted by molar-refractivity contribution is 7.89. The first-order valence-electron chi connectivity index (χ1n) is 4.52. The molecule has 3 N–H and O–H groups in total. The van der Waals surface area contributed by atoms with Crippen molar-refractivity contribution >= 4 is 15.9 Å². The lowest BCUT2D eigenvalue weighted by Crippen LogP contribution is -2.27. The summed E-state index contributed by atoms with van der Waals surface area (Å²) in [5.74, 6) is -0.365. The van der Waals surface area contributed by atoms with Crippen LogP contribution in [-0.2, 0) is 14.8 Å². The second-order valence-corrected chi connectivity index (χ2v) is 4.50. The Labute approximate surface area is 93.4 Å². The maximum Gasteiger partial charge on any atom is 0.252 e. The molecule has 6 nitrogen and oxygen atoms in total. The molecular formula is C9H12N2O4S. The Balaban J connectivity index is 2.93. The van der Waals surface area contributed by atoms with Crippen molar-refractivity contribution < 1.29 is 18.0 Å². The summed E-state index contributed by atoms with van der Waals surface area (Å²) in [5.41, 5.74) is 2.10. The van der Waals surface area contributed by atoms with Gasteiger partial charge in [-0.25, -0.2) is 13.6 Å². The molecule has 1 rings (SSSR count). The van der Waals surface area contributed by atoms with Crippen LogP contribution >= 0.6 is 0 Å². The van der Waals surface area contributed by atoms with Gasteiger partial charge in [0.15, 0.2) is 5.75 Å². The van der Waals surface area contributed by atoms with E-state index in [-0.39, 0.29) is 23.0 Å². The minimum absolute atomic E-state index is 0.00759. The predicted octanol–water partition coefficient (Wildman–Crippen LogP) is 0.154. The third-order valence-corrected chi connectivity index (χ3v) is 2.70. The molecular weight excluding hydrogens is 232 g/mol. The Morgan fingerprint density at radius 1 is 1.44 bits per heavy atom. The Hall–Kier alpha value is -1.60. The highest BCUT2D eigenvalue weighted by Crippen LogP contribution is 2.20. The first-order chi connectivity index (χ1) is 7.45. The van der Waals surface area contributed by atoms with Crippen molar-refractivity contribution in [1.82, 2.24) is 5.48 Å². The van der Waals surface area contributed by atoms with E-state index in [4.69, 9.17) is 9.98 Å². The van der Waals surface area contributed by atoms with Gasteiger partial charge < -0.3 is 4.84 Å². The molecule has 0 aliphatic rings. The van der Waals surface area contributed by atoms with E-state index in [0.29, 0.717) is 0 Å². The van der Waals surface area contributed by atoms with Crippen LogP contribution in [0.25, 0.3) is 0 Å². The number of nitrogens with one attached hydrogen (secondary N) is 1. The van der Waals surface area contributed by atoms with Crippen LogP contribution in [0.3, 0.4) is 0 Å². The molecule has 1 amide bonds. The molecule has 0 aliphatic carbocycles. The number of benzene rings is 1. The fraction of sp³-hybridized carbons (Fsp3) is 0.222. The fourth-order valence-corrected chi connectivity index (χ4v) is 1.61. The molecule has 7 heteroatoms. The summed E-state index contributed by atoms with van der Waals surface area (Å²) in [6, 6.07) is 5.77. The number of carbonyl (C=O) groups is 1. The van der Waals surface area contributed by atoms with Crippen LogP contribution in [0.1, 0.15) is 13.3 Å². The van der Waals surface area contributed by atoms with Gasteiger partial charge in [-0.15, -0.1) is 0 Å². The van der Waals surface area contributed by atoms with Gasteiger partial charge in [0.2, 0.25) is 10.0 Å². The zero-order chi connectivity index (χ0) is 12.2. The molecule has 0 heterocycles. The highest BCUT2D eigenvalue weighted by atomic mass is 32.2. The first kappa shape index (κ1) is 12.5. The third-order valence-electron chi connectivity index (χ3n) is 1.75. The number of amides is 1. The molecule has 1 aromatic carbocycles. The second-order valence-electron chi connectivity index (χ2n) is 2.97. The molecule has 1 aromatic rings. The van der Waals surface area contributed by atoms with Gasteiger partial charge in [-0.3, -0.25) is 4.79 Å². The number of para-hydroxylation sites is 1. The molecule has 0 saturated carbocycles. The predicted molar refractivity (Wildman–Crippen MR) is 56.9 cm³/mol. The number of sulfonamides is 1. The maximum atomic E-state index is 11.2. The molecule has 16 heavy (non-hydrogen) atoms. The summed E-state index contributed by atoms with van der Waals surface area (Å²) in [5, 5.41) is 4.98. The van der Waals surface area contributed by atoms with Gasteiger partial charge in [0.05, 0.1) is 0 Å². The number of rotatable bonds is 4. The van der Waals surface area contributed by atoms with Crippen molar-refractivity contribution in [2.75, 3.05) is 0 Å². The van der Waals surface area contributed by atoms with E-state index in [1.807, 2.05) is 0 Å². The van der Waals surface area contributed by atoms with Crippen LogP contribution in [0.2, 0.25) is 0 Å². The van der Waals surface area contributed by atoms with Crippen LogP contribution < -0.4 is 15.5 Å². The van der Waals surface area contributed by atoms with Crippen LogP contribution in [0.15, 0.2) is 29.2 Å². The summed E-state index contributed by atoms with van der Waals surface area (Å²) in [7, 11) is -3.86. The number of hydrogen-bond donors (Lipinski definition) is 2. The second kappa shape index (κ2) is 4.95. The van der Waals surface area contributed by atoms with Crippen molar-refractivity contribution in [3.8, 4) is 5.75 Å². The van der Waals surface area contributed by atoms with Crippen LogP contribution in [-0.4, -0.2) is 14.3 Å². The third kappa shape index (κ3) is 3.21. The smallest absolute Gasteiger partial charge is 0.252 e. The summed E-state index contributed by atoms with van der Waals surface area (Å²) in [4.78, 5) is 15.6. The number of hydroxylamine groups is 1. The highest BCUT2D eigenvalue weighted by Gasteiger charge is 2.15. The summed E-state index contributed by atoms with van der Waals surface area (Å²) in [6.45, 7) is 1.64. The van der Waals surface area contributed by atoms with Gasteiger partial charge in [0.1, 0.15) is 4.90 Å². The number of carbonyl (C=O) groups excluding carboxylic acids is 1. The molecule has 0 unspecified atom stereocenters. The standard InChI is InChI=1S/C9H12N2O4S/c1-2-9(12)11-15-7-5-3-4-6-8(7)16(10,13)14/h3-6H,2H2,1H3,(H,11,12)(H2,10,13,14). The van der Waals surface area contributed by atoms with Gasteiger partial charge in [-0.05, 0) is 12.1 Å². The Morgan fingerprint density at radius 3 is 2.62 bits per heavy atom. The van der Waals surface area contributed by atoms with E-state index in [1.165, 1.54) is 18.2 Å². The largest absolute Gasteiger partial charge is 0.378 e. The molecule has 0 aliphatic heterocycles. The fourth-order valence-electron chi connectivity index (χ4n) is 0.954. The average Bonchev–Trinajstić information content (AvgIpc) is 2.25. The molecule has 0 spiro atoms. The van der Waals surface area contributed by atoms with Crippen molar-refractivity contribution in [2.24, 2.45) is 5.14 Å². The van der Waals surface area contributed by atoms with E-state index >= 15 is 0 Å². The summed E-state index contributed by atoms with van der Waals surface area (Å²) >= 11 is 0. The van der Waals surface area contributed by atoms with Crippen molar-refractivity contribution in [2.45, 2.75) is 18.2 Å². The number of nitrogens with two attached hydrogens (primary N) is 1. The molecule has 0 saturated heterocycles. The summed E-state index contributed by atoms with van der Waals surface area (Å²) < 4.78 is 22.3. The minimum Gasteiger partial charge on any atom is -0.378 e. The van der Waals surface area contributed by atoms with Crippen molar-refractivity contribution in [3.63, 3.8) is 0 Å². The van der Waals surface area contributed by atoms with Gasteiger partial charge >= 0.3 is 0 Å². The average molecular weight is 244 g/mol. The molecule has 0 radical (unpaired) electrons. The lowest BCUT2D eigenvalue weighted by Gasteiger charge is -2.08. The summed E-state index contributed by atoms with van der Waals surface area (Å²) in [6.07, 6.45) is 0.234. The molecule has 0 atom stereocenters. The lowest BCUT2D eigenvalue weighted by molar-refractivity contribution is -0.127. The van der Waals surface area contributed by atoms with E-state index in [1.54, 1.807) is 13.0 Å². The number of primary sulfonamides is 1. The zero-order valence-corrected chi connectivity index (χ0v) is 9.45. The normalized spacial score (nSPS) is 10.9. The topological polar surface area (TPSA) is 98.5 Å². The van der Waals surface area contributed by atoms with Gasteiger partial charge in [-0.1, -0.05) is 19.1 Å². The van der Waals surface area contributed by atoms with Gasteiger partial charge in [-0.2, -0.15) is 5.48 Å².